The summed E-state index contributed by atoms with van der Waals surface area (Å²) in [5, 5.41) is 0. The third-order valence-electron chi connectivity index (χ3n) is 2.71. The summed E-state index contributed by atoms with van der Waals surface area (Å²) in [6.07, 6.45) is 1.58. The van der Waals surface area contributed by atoms with Crippen LogP contribution in [0.25, 0.3) is 0 Å². The maximum absolute atomic E-state index is 12.2. The van der Waals surface area contributed by atoms with Crippen LogP contribution in [-0.2, 0) is 16.6 Å². The molecule has 2 aromatic rings. The molecule has 0 radical (unpaired) electrons. The van der Waals surface area contributed by atoms with Gasteiger partial charge in [0.2, 0.25) is 10.0 Å². The van der Waals surface area contributed by atoms with Crippen LogP contribution in [0.15, 0.2) is 41.4 Å². The number of nitrogens with zero attached hydrogens (tertiary/aromatic N) is 2. The molecule has 1 aromatic heterocycles. The predicted molar refractivity (Wildman–Crippen MR) is 83.1 cm³/mol. The van der Waals surface area contributed by atoms with Crippen LogP contribution in [-0.4, -0.2) is 23.4 Å². The molecule has 0 amide bonds. The van der Waals surface area contributed by atoms with E-state index in [1.807, 2.05) is 0 Å². The number of rotatable bonds is 5. The molecule has 110 valence electrons. The fourth-order valence-corrected chi connectivity index (χ4v) is 2.84. The molecular weight excluding hydrogens is 308 g/mol. The van der Waals surface area contributed by atoms with Gasteiger partial charge in [0.15, 0.2) is 0 Å². The van der Waals surface area contributed by atoms with Crippen molar-refractivity contribution in [1.82, 2.24) is 14.7 Å². The van der Waals surface area contributed by atoms with Gasteiger partial charge < -0.3 is 5.73 Å². The smallest absolute Gasteiger partial charge is 0.240 e. The van der Waals surface area contributed by atoms with E-state index in [0.717, 1.165) is 0 Å². The normalized spacial score (nSPS) is 11.3. The highest BCUT2D eigenvalue weighted by Gasteiger charge is 2.15. The van der Waals surface area contributed by atoms with E-state index in [2.05, 4.69) is 14.7 Å². The molecule has 6 nitrogen and oxygen atoms in total. The Morgan fingerprint density at radius 2 is 2.14 bits per heavy atom. The number of thiocarbonyl (C=S) groups is 1. The number of hydrogen-bond acceptors (Lipinski definition) is 5. The van der Waals surface area contributed by atoms with Crippen LogP contribution < -0.4 is 10.5 Å². The van der Waals surface area contributed by atoms with Gasteiger partial charge in [0.25, 0.3) is 0 Å². The van der Waals surface area contributed by atoms with Crippen LogP contribution in [0.3, 0.4) is 0 Å². The van der Waals surface area contributed by atoms with Crippen molar-refractivity contribution < 1.29 is 8.42 Å². The average molecular weight is 322 g/mol. The third-order valence-corrected chi connectivity index (χ3v) is 4.34. The monoisotopic (exact) mass is 322 g/mol. The van der Waals surface area contributed by atoms with E-state index >= 15 is 0 Å². The number of nitrogens with one attached hydrogen (secondary N) is 1. The lowest BCUT2D eigenvalue weighted by Gasteiger charge is -2.08. The fourth-order valence-electron chi connectivity index (χ4n) is 1.67. The Bertz CT molecular complexity index is 775. The SMILES string of the molecule is Cc1nccc(CNS(=O)(=O)c2cccc(C(N)=S)c2)n1. The lowest BCUT2D eigenvalue weighted by Crippen LogP contribution is -2.24. The molecular formula is C13H14N4O2S2. The number of aromatic nitrogens is 2. The van der Waals surface area contributed by atoms with Gasteiger partial charge in [-0.05, 0) is 25.1 Å². The van der Waals surface area contributed by atoms with Crippen LogP contribution in [0.4, 0.5) is 0 Å². The molecule has 0 saturated heterocycles. The fraction of sp³-hybridized carbons (Fsp3) is 0.154. The predicted octanol–water partition coefficient (Wildman–Crippen LogP) is 0.898. The summed E-state index contributed by atoms with van der Waals surface area (Å²) in [6, 6.07) is 7.83. The second kappa shape index (κ2) is 6.25. The van der Waals surface area contributed by atoms with Crippen LogP contribution in [0.1, 0.15) is 17.1 Å². The molecule has 1 heterocycles. The maximum Gasteiger partial charge on any atom is 0.240 e. The Labute approximate surface area is 128 Å². The Balaban J connectivity index is 2.19. The molecule has 0 saturated carbocycles. The summed E-state index contributed by atoms with van der Waals surface area (Å²) >= 11 is 4.85. The van der Waals surface area contributed by atoms with E-state index in [4.69, 9.17) is 18.0 Å². The van der Waals surface area contributed by atoms with Gasteiger partial charge in [-0.1, -0.05) is 24.4 Å². The molecule has 0 aliphatic heterocycles. The van der Waals surface area contributed by atoms with Crippen LogP contribution >= 0.6 is 12.2 Å². The summed E-state index contributed by atoms with van der Waals surface area (Å²) < 4.78 is 26.9. The van der Waals surface area contributed by atoms with Gasteiger partial charge in [-0.3, -0.25) is 0 Å². The van der Waals surface area contributed by atoms with Gasteiger partial charge >= 0.3 is 0 Å². The summed E-state index contributed by atoms with van der Waals surface area (Å²) in [5.41, 5.74) is 6.61. The van der Waals surface area contributed by atoms with Crippen molar-refractivity contribution >= 4 is 27.2 Å². The van der Waals surface area contributed by atoms with Crippen molar-refractivity contribution in [2.75, 3.05) is 0 Å². The molecule has 8 heteroatoms. The zero-order chi connectivity index (χ0) is 15.5. The Morgan fingerprint density at radius 1 is 1.38 bits per heavy atom. The number of benzene rings is 1. The number of nitrogens with two attached hydrogens (primary N) is 1. The molecule has 2 rings (SSSR count). The molecule has 0 bridgehead atoms. The van der Waals surface area contributed by atoms with Crippen molar-refractivity contribution in [2.45, 2.75) is 18.4 Å². The van der Waals surface area contributed by atoms with Crippen LogP contribution in [0.2, 0.25) is 0 Å². The molecule has 21 heavy (non-hydrogen) atoms. The maximum atomic E-state index is 12.2. The minimum absolute atomic E-state index is 0.0863. The van der Waals surface area contributed by atoms with Gasteiger partial charge in [-0.15, -0.1) is 0 Å². The highest BCUT2D eigenvalue weighted by Crippen LogP contribution is 2.12. The van der Waals surface area contributed by atoms with Crippen LogP contribution in [0, 0.1) is 6.92 Å². The summed E-state index contributed by atoms with van der Waals surface area (Å²) in [7, 11) is -3.65. The molecule has 0 spiro atoms. The zero-order valence-corrected chi connectivity index (χ0v) is 12.9. The number of sulfonamides is 1. The lowest BCUT2D eigenvalue weighted by molar-refractivity contribution is 0.580. The Kier molecular flexibility index (Phi) is 4.61. The molecule has 0 unspecified atom stereocenters. The first kappa shape index (κ1) is 15.5. The van der Waals surface area contributed by atoms with Gasteiger partial charge in [-0.2, -0.15) is 0 Å². The lowest BCUT2D eigenvalue weighted by atomic mass is 10.2. The van der Waals surface area contributed by atoms with Gasteiger partial charge in [0.05, 0.1) is 17.1 Å². The second-order valence-corrected chi connectivity index (χ2v) is 6.52. The van der Waals surface area contributed by atoms with E-state index in [9.17, 15) is 8.42 Å². The standard InChI is InChI=1S/C13H14N4O2S2/c1-9-15-6-5-11(17-9)8-16-21(18,19)12-4-2-3-10(7-12)13(14)20/h2-7,16H,8H2,1H3,(H2,14,20). The van der Waals surface area contributed by atoms with Crippen molar-refractivity contribution in [1.29, 1.82) is 0 Å². The first-order chi connectivity index (χ1) is 9.88. The van der Waals surface area contributed by atoms with Gasteiger partial charge in [-0.25, -0.2) is 23.1 Å². The van der Waals surface area contributed by atoms with Crippen molar-refractivity contribution in [3.05, 3.63) is 53.6 Å². The van der Waals surface area contributed by atoms with Gasteiger partial charge in [0, 0.05) is 11.8 Å². The van der Waals surface area contributed by atoms with Gasteiger partial charge in [0.1, 0.15) is 10.8 Å². The topological polar surface area (TPSA) is 98.0 Å². The third kappa shape index (κ3) is 4.03. The average Bonchev–Trinajstić information content (AvgIpc) is 2.45. The quantitative estimate of drug-likeness (QED) is 0.794. The minimum Gasteiger partial charge on any atom is -0.389 e. The minimum atomic E-state index is -3.65. The van der Waals surface area contributed by atoms with E-state index in [1.165, 1.54) is 12.1 Å². The van der Waals surface area contributed by atoms with Crippen molar-refractivity contribution in [3.8, 4) is 0 Å². The zero-order valence-electron chi connectivity index (χ0n) is 11.3. The molecule has 3 N–H and O–H groups in total. The Hall–Kier alpha value is -1.90. The summed E-state index contributed by atoms with van der Waals surface area (Å²) in [5.74, 6) is 0.585. The van der Waals surface area contributed by atoms with E-state index in [-0.39, 0.29) is 16.4 Å². The summed E-state index contributed by atoms with van der Waals surface area (Å²) in [4.78, 5) is 8.35. The van der Waals surface area contributed by atoms with E-state index in [1.54, 1.807) is 31.3 Å². The first-order valence-corrected chi connectivity index (χ1v) is 7.96. The highest BCUT2D eigenvalue weighted by atomic mass is 32.2. The number of aryl methyl sites for hydroxylation is 1. The summed E-state index contributed by atoms with van der Waals surface area (Å²) in [6.45, 7) is 1.83. The second-order valence-electron chi connectivity index (χ2n) is 4.31. The van der Waals surface area contributed by atoms with E-state index < -0.39 is 10.0 Å². The molecule has 0 atom stereocenters. The van der Waals surface area contributed by atoms with Crippen molar-refractivity contribution in [2.24, 2.45) is 5.73 Å². The van der Waals surface area contributed by atoms with Crippen molar-refractivity contribution in [3.63, 3.8) is 0 Å². The molecule has 0 fully saturated rings. The first-order valence-electron chi connectivity index (χ1n) is 6.06. The van der Waals surface area contributed by atoms with Crippen LogP contribution in [0.5, 0.6) is 0 Å². The molecule has 0 aliphatic rings. The highest BCUT2D eigenvalue weighted by molar-refractivity contribution is 7.89. The Morgan fingerprint density at radius 3 is 2.81 bits per heavy atom. The largest absolute Gasteiger partial charge is 0.389 e. The number of hydrogen-bond donors (Lipinski definition) is 2. The molecule has 1 aromatic carbocycles. The molecule has 0 aliphatic carbocycles. The van der Waals surface area contributed by atoms with E-state index in [0.29, 0.717) is 17.1 Å².